The molecule has 41 heavy (non-hydrogen) atoms. The Morgan fingerprint density at radius 1 is 1.07 bits per heavy atom. The third-order valence-electron chi connectivity index (χ3n) is 7.04. The Bertz CT molecular complexity index is 1690. The van der Waals surface area contributed by atoms with E-state index >= 15 is 0 Å². The lowest BCUT2D eigenvalue weighted by Crippen LogP contribution is -2.44. The van der Waals surface area contributed by atoms with Crippen molar-refractivity contribution < 1.29 is 23.9 Å². The molecule has 2 N–H and O–H groups in total. The number of hydrogen-bond donors (Lipinski definition) is 2. The molecule has 0 fully saturated rings. The summed E-state index contributed by atoms with van der Waals surface area (Å²) in [4.78, 5) is 47.9. The van der Waals surface area contributed by atoms with E-state index in [1.54, 1.807) is 25.1 Å². The number of unbranched alkanes of at least 4 members (excludes halogenated alkanes) is 1. The topological polar surface area (TPSA) is 123 Å². The Hall–Kier alpha value is -4.86. The maximum atomic E-state index is 13.6. The van der Waals surface area contributed by atoms with Gasteiger partial charge in [0.25, 0.3) is 11.5 Å². The molecule has 0 saturated carbocycles. The Balaban J connectivity index is 1.41. The largest absolute Gasteiger partial charge is 0.481 e. The number of amides is 1. The van der Waals surface area contributed by atoms with Gasteiger partial charge in [0.05, 0.1) is 22.3 Å². The molecule has 0 saturated heterocycles. The first-order chi connectivity index (χ1) is 19.7. The second kappa shape index (κ2) is 11.7. The number of carboxylic acid groups (broad SMARTS) is 1. The number of oxime groups is 1. The molecule has 1 aliphatic rings. The molecule has 3 aromatic carbocycles. The third kappa shape index (κ3) is 6.16. The van der Waals surface area contributed by atoms with Crippen LogP contribution >= 0.6 is 0 Å². The number of aliphatic carboxylic acids is 1. The standard InChI is InChI=1S/C31H29FN4O5/c1-31(30(40)33-19-20-7-3-2-4-8-20)18-26(35-41-31)21-11-16-24-25(17-21)34-27(9-5-6-10-28(37)38)36(29(24)39)23-14-12-22(32)13-15-23/h2-4,7-8,11-17H,5-6,9-10,18-19H2,1H3,(H,33,40)(H,37,38)/t31-/m1/s1. The number of nitrogens with one attached hydrogen (secondary N) is 1. The zero-order chi connectivity index (χ0) is 29.0. The third-order valence-corrected chi connectivity index (χ3v) is 7.04. The van der Waals surface area contributed by atoms with Gasteiger partial charge in [0.1, 0.15) is 11.6 Å². The first-order valence-corrected chi connectivity index (χ1v) is 13.3. The predicted molar refractivity (Wildman–Crippen MR) is 151 cm³/mol. The van der Waals surface area contributed by atoms with Crippen LogP contribution in [0.25, 0.3) is 16.6 Å². The fraction of sp³-hybridized carbons (Fsp3) is 0.258. The fourth-order valence-corrected chi connectivity index (χ4v) is 4.78. The Kier molecular flexibility index (Phi) is 7.91. The SMILES string of the molecule is C[C@]1(C(=O)NCc2ccccc2)CC(c2ccc3c(=O)n(-c4ccc(F)cc4)c(CCCCC(=O)O)nc3c2)=NO1. The van der Waals surface area contributed by atoms with Crippen molar-refractivity contribution in [2.45, 2.75) is 51.2 Å². The molecule has 4 aromatic rings. The minimum Gasteiger partial charge on any atom is -0.481 e. The summed E-state index contributed by atoms with van der Waals surface area (Å²) in [6.07, 6.45) is 1.52. The Morgan fingerprint density at radius 2 is 1.83 bits per heavy atom. The lowest BCUT2D eigenvalue weighted by molar-refractivity contribution is -0.142. The van der Waals surface area contributed by atoms with Gasteiger partial charge in [-0.25, -0.2) is 9.37 Å². The highest BCUT2D eigenvalue weighted by atomic mass is 19.1. The summed E-state index contributed by atoms with van der Waals surface area (Å²) in [5.41, 5.74) is 1.58. The number of halogens is 1. The van der Waals surface area contributed by atoms with Gasteiger partial charge in [-0.1, -0.05) is 41.6 Å². The highest BCUT2D eigenvalue weighted by molar-refractivity contribution is 6.06. The number of nitrogens with zero attached hydrogens (tertiary/aromatic N) is 3. The van der Waals surface area contributed by atoms with Crippen LogP contribution in [-0.4, -0.2) is 37.8 Å². The van der Waals surface area contributed by atoms with Crippen molar-refractivity contribution in [3.8, 4) is 5.69 Å². The Morgan fingerprint density at radius 3 is 2.56 bits per heavy atom. The van der Waals surface area contributed by atoms with Crippen molar-refractivity contribution in [3.63, 3.8) is 0 Å². The van der Waals surface area contributed by atoms with Gasteiger partial charge < -0.3 is 15.3 Å². The summed E-state index contributed by atoms with van der Waals surface area (Å²) in [6, 6.07) is 20.3. The second-order valence-corrected chi connectivity index (χ2v) is 10.2. The lowest BCUT2D eigenvalue weighted by atomic mass is 9.94. The number of aromatic nitrogens is 2. The van der Waals surface area contributed by atoms with E-state index in [0.29, 0.717) is 59.5 Å². The van der Waals surface area contributed by atoms with E-state index < -0.39 is 17.4 Å². The molecule has 1 atom stereocenters. The number of rotatable bonds is 10. The van der Waals surface area contributed by atoms with E-state index in [0.717, 1.165) is 5.56 Å². The smallest absolute Gasteiger partial charge is 0.303 e. The molecule has 0 aliphatic carbocycles. The summed E-state index contributed by atoms with van der Waals surface area (Å²) < 4.78 is 15.0. The van der Waals surface area contributed by atoms with Gasteiger partial charge in [0.15, 0.2) is 0 Å². The average molecular weight is 557 g/mol. The van der Waals surface area contributed by atoms with Crippen molar-refractivity contribution in [1.29, 1.82) is 0 Å². The monoisotopic (exact) mass is 556 g/mol. The number of hydrogen-bond acceptors (Lipinski definition) is 6. The normalized spacial score (nSPS) is 16.3. The molecule has 0 unspecified atom stereocenters. The van der Waals surface area contributed by atoms with Crippen molar-refractivity contribution in [1.82, 2.24) is 14.9 Å². The minimum atomic E-state index is -1.19. The van der Waals surface area contributed by atoms with Gasteiger partial charge in [-0.2, -0.15) is 0 Å². The van der Waals surface area contributed by atoms with Crippen molar-refractivity contribution >= 4 is 28.5 Å². The molecule has 10 heteroatoms. The van der Waals surface area contributed by atoms with Crippen LogP contribution in [0.15, 0.2) is 82.7 Å². The van der Waals surface area contributed by atoms with E-state index in [2.05, 4.69) is 10.5 Å². The second-order valence-electron chi connectivity index (χ2n) is 10.2. The van der Waals surface area contributed by atoms with Crippen molar-refractivity contribution in [3.05, 3.63) is 106 Å². The molecule has 0 radical (unpaired) electrons. The molecule has 0 spiro atoms. The quantitative estimate of drug-likeness (QED) is 0.277. The maximum absolute atomic E-state index is 13.6. The number of carbonyl (C=O) groups excluding carboxylic acids is 1. The number of carboxylic acids is 1. The highest BCUT2D eigenvalue weighted by Crippen LogP contribution is 2.28. The molecule has 2 heterocycles. The lowest BCUT2D eigenvalue weighted by Gasteiger charge is -2.20. The van der Waals surface area contributed by atoms with E-state index in [1.807, 2.05) is 30.3 Å². The molecule has 210 valence electrons. The van der Waals surface area contributed by atoms with Crippen LogP contribution in [0.2, 0.25) is 0 Å². The summed E-state index contributed by atoms with van der Waals surface area (Å²) in [7, 11) is 0. The van der Waals surface area contributed by atoms with Gasteiger partial charge in [-0.3, -0.25) is 19.0 Å². The van der Waals surface area contributed by atoms with Crippen LogP contribution in [-0.2, 0) is 27.4 Å². The molecule has 0 bridgehead atoms. The van der Waals surface area contributed by atoms with E-state index in [9.17, 15) is 18.8 Å². The number of aryl methyl sites for hydroxylation is 1. The number of carbonyl (C=O) groups is 2. The van der Waals surface area contributed by atoms with Crippen molar-refractivity contribution in [2.24, 2.45) is 5.16 Å². The Labute approximate surface area is 235 Å². The van der Waals surface area contributed by atoms with Gasteiger partial charge in [0, 0.05) is 31.4 Å². The van der Waals surface area contributed by atoms with Crippen LogP contribution in [0.3, 0.4) is 0 Å². The molecular formula is C31H29FN4O5. The van der Waals surface area contributed by atoms with Gasteiger partial charge in [-0.15, -0.1) is 0 Å². The van der Waals surface area contributed by atoms with E-state index in [-0.39, 0.29) is 24.3 Å². The summed E-state index contributed by atoms with van der Waals surface area (Å²) >= 11 is 0. The van der Waals surface area contributed by atoms with Gasteiger partial charge >= 0.3 is 5.97 Å². The molecule has 1 aliphatic heterocycles. The highest BCUT2D eigenvalue weighted by Gasteiger charge is 2.42. The van der Waals surface area contributed by atoms with Crippen LogP contribution in [0.5, 0.6) is 0 Å². The zero-order valence-electron chi connectivity index (χ0n) is 22.5. The van der Waals surface area contributed by atoms with E-state index in [4.69, 9.17) is 14.9 Å². The first kappa shape index (κ1) is 27.7. The number of fused-ring (bicyclic) bond motifs is 1. The average Bonchev–Trinajstić information content (AvgIpc) is 3.38. The molecule has 5 rings (SSSR count). The predicted octanol–water partition coefficient (Wildman–Crippen LogP) is 4.52. The van der Waals surface area contributed by atoms with Gasteiger partial charge in [-0.05, 0) is 61.7 Å². The van der Waals surface area contributed by atoms with E-state index in [1.165, 1.54) is 28.8 Å². The van der Waals surface area contributed by atoms with Crippen molar-refractivity contribution in [2.75, 3.05) is 0 Å². The molecule has 1 amide bonds. The molecule has 9 nitrogen and oxygen atoms in total. The molecule has 1 aromatic heterocycles. The van der Waals surface area contributed by atoms with Crippen LogP contribution in [0.4, 0.5) is 4.39 Å². The number of benzene rings is 3. The summed E-state index contributed by atoms with van der Waals surface area (Å²) in [5, 5.41) is 16.4. The first-order valence-electron chi connectivity index (χ1n) is 13.3. The summed E-state index contributed by atoms with van der Waals surface area (Å²) in [5.74, 6) is -1.17. The minimum absolute atomic E-state index is 0.00995. The zero-order valence-corrected chi connectivity index (χ0v) is 22.5. The van der Waals surface area contributed by atoms with Crippen LogP contribution in [0, 0.1) is 5.82 Å². The maximum Gasteiger partial charge on any atom is 0.303 e. The van der Waals surface area contributed by atoms with Crippen LogP contribution in [0.1, 0.15) is 49.6 Å². The summed E-state index contributed by atoms with van der Waals surface area (Å²) in [6.45, 7) is 2.04. The molecular weight excluding hydrogens is 527 g/mol. The fourth-order valence-electron chi connectivity index (χ4n) is 4.78. The van der Waals surface area contributed by atoms with Crippen LogP contribution < -0.4 is 10.9 Å². The van der Waals surface area contributed by atoms with Gasteiger partial charge in [0.2, 0.25) is 5.60 Å².